The molecule has 3 aromatic rings. The molecule has 0 aliphatic carbocycles. The molecule has 1 amide bonds. The zero-order valence-corrected chi connectivity index (χ0v) is 15.5. The molecule has 2 aromatic heterocycles. The summed E-state index contributed by atoms with van der Waals surface area (Å²) in [6.45, 7) is 6.67. The third kappa shape index (κ3) is 4.17. The number of nitrogens with zero attached hydrogens (tertiary/aromatic N) is 3. The number of aromatic nitrogens is 3. The Bertz CT molecular complexity index is 900. The first-order valence-electron chi connectivity index (χ1n) is 8.83. The van der Waals surface area contributed by atoms with Crippen LogP contribution in [0.4, 0.5) is 0 Å². The predicted octanol–water partition coefficient (Wildman–Crippen LogP) is 3.09. The fraction of sp³-hybridized carbons (Fsp3) is 0.286. The van der Waals surface area contributed by atoms with Crippen LogP contribution in [0, 0.1) is 20.8 Å². The minimum Gasteiger partial charge on any atom is -0.355 e. The summed E-state index contributed by atoms with van der Waals surface area (Å²) in [4.78, 5) is 16.5. The Kier molecular flexibility index (Phi) is 5.46. The fourth-order valence-electron chi connectivity index (χ4n) is 3.14. The third-order valence-electron chi connectivity index (χ3n) is 4.45. The first-order chi connectivity index (χ1) is 12.5. The van der Waals surface area contributed by atoms with Gasteiger partial charge < -0.3 is 5.32 Å². The van der Waals surface area contributed by atoms with Crippen molar-refractivity contribution in [2.45, 2.75) is 33.6 Å². The van der Waals surface area contributed by atoms with Crippen LogP contribution in [0.15, 0.2) is 48.7 Å². The zero-order valence-electron chi connectivity index (χ0n) is 15.5. The minimum absolute atomic E-state index is 0.0445. The van der Waals surface area contributed by atoms with Crippen molar-refractivity contribution in [3.05, 3.63) is 76.7 Å². The van der Waals surface area contributed by atoms with Crippen LogP contribution in [-0.2, 0) is 17.6 Å². The molecular weight excluding hydrogens is 324 g/mol. The molecule has 26 heavy (non-hydrogen) atoms. The maximum Gasteiger partial charge on any atom is 0.224 e. The molecule has 0 saturated heterocycles. The first kappa shape index (κ1) is 17.9. The molecule has 0 saturated carbocycles. The number of rotatable bonds is 6. The van der Waals surface area contributed by atoms with Gasteiger partial charge in [-0.3, -0.25) is 4.79 Å². The van der Waals surface area contributed by atoms with E-state index in [0.717, 1.165) is 34.8 Å². The van der Waals surface area contributed by atoms with Gasteiger partial charge in [-0.2, -0.15) is 5.10 Å². The first-order valence-corrected chi connectivity index (χ1v) is 8.83. The van der Waals surface area contributed by atoms with Gasteiger partial charge in [-0.25, -0.2) is 9.67 Å². The van der Waals surface area contributed by atoms with E-state index in [9.17, 15) is 4.79 Å². The zero-order chi connectivity index (χ0) is 18.5. The third-order valence-corrected chi connectivity index (χ3v) is 4.45. The molecule has 3 rings (SSSR count). The Morgan fingerprint density at radius 3 is 2.69 bits per heavy atom. The largest absolute Gasteiger partial charge is 0.355 e. The summed E-state index contributed by atoms with van der Waals surface area (Å²) in [6, 6.07) is 13.8. The van der Waals surface area contributed by atoms with Crippen LogP contribution < -0.4 is 5.32 Å². The lowest BCUT2D eigenvalue weighted by molar-refractivity contribution is -0.120. The van der Waals surface area contributed by atoms with E-state index in [0.29, 0.717) is 13.0 Å². The normalized spacial score (nSPS) is 10.7. The molecule has 0 aliphatic heterocycles. The van der Waals surface area contributed by atoms with Crippen LogP contribution in [-0.4, -0.2) is 27.2 Å². The highest BCUT2D eigenvalue weighted by atomic mass is 16.1. The van der Waals surface area contributed by atoms with Gasteiger partial charge in [-0.15, -0.1) is 0 Å². The van der Waals surface area contributed by atoms with E-state index >= 15 is 0 Å². The number of hydrogen-bond donors (Lipinski definition) is 1. The number of benzene rings is 1. The number of hydrogen-bond acceptors (Lipinski definition) is 3. The highest BCUT2D eigenvalue weighted by Crippen LogP contribution is 2.16. The fourth-order valence-corrected chi connectivity index (χ4v) is 3.14. The van der Waals surface area contributed by atoms with Crippen LogP contribution >= 0.6 is 0 Å². The lowest BCUT2D eigenvalue weighted by Gasteiger charge is -2.07. The van der Waals surface area contributed by atoms with E-state index in [2.05, 4.69) is 15.4 Å². The Balaban J connectivity index is 1.60. The highest BCUT2D eigenvalue weighted by molar-refractivity contribution is 5.78. The van der Waals surface area contributed by atoms with Gasteiger partial charge in [0.1, 0.15) is 0 Å². The quantitative estimate of drug-likeness (QED) is 0.745. The number of pyridine rings is 1. The van der Waals surface area contributed by atoms with Gasteiger partial charge in [0, 0.05) is 18.4 Å². The molecule has 0 radical (unpaired) electrons. The summed E-state index contributed by atoms with van der Waals surface area (Å²) in [6.07, 6.45) is 2.92. The topological polar surface area (TPSA) is 59.8 Å². The number of carbonyl (C=O) groups excluding carboxylic acids is 1. The van der Waals surface area contributed by atoms with Gasteiger partial charge in [0.2, 0.25) is 5.91 Å². The molecule has 0 atom stereocenters. The van der Waals surface area contributed by atoms with E-state index in [1.54, 1.807) is 6.20 Å². The van der Waals surface area contributed by atoms with Crippen molar-refractivity contribution < 1.29 is 4.79 Å². The van der Waals surface area contributed by atoms with Crippen molar-refractivity contribution in [3.63, 3.8) is 0 Å². The van der Waals surface area contributed by atoms with Crippen LogP contribution in [0.5, 0.6) is 0 Å². The van der Waals surface area contributed by atoms with Crippen LogP contribution in [0.1, 0.15) is 28.1 Å². The van der Waals surface area contributed by atoms with E-state index in [1.807, 2.05) is 67.9 Å². The van der Waals surface area contributed by atoms with Crippen molar-refractivity contribution >= 4 is 5.91 Å². The van der Waals surface area contributed by atoms with Crippen molar-refractivity contribution in [2.75, 3.05) is 6.54 Å². The molecule has 1 N–H and O–H groups in total. The van der Waals surface area contributed by atoms with E-state index in [1.165, 1.54) is 5.56 Å². The summed E-state index contributed by atoms with van der Waals surface area (Å²) in [7, 11) is 0. The molecule has 0 bridgehead atoms. The molecule has 134 valence electrons. The number of nitrogens with one attached hydrogen (secondary N) is 1. The van der Waals surface area contributed by atoms with E-state index in [-0.39, 0.29) is 5.91 Å². The van der Waals surface area contributed by atoms with Crippen LogP contribution in [0.3, 0.4) is 0 Å². The summed E-state index contributed by atoms with van der Waals surface area (Å²) >= 11 is 0. The summed E-state index contributed by atoms with van der Waals surface area (Å²) in [5.74, 6) is 0.853. The summed E-state index contributed by atoms with van der Waals surface area (Å²) < 4.78 is 1.86. The van der Waals surface area contributed by atoms with Crippen LogP contribution in [0.2, 0.25) is 0 Å². The van der Waals surface area contributed by atoms with Crippen molar-refractivity contribution in [2.24, 2.45) is 0 Å². The van der Waals surface area contributed by atoms with Crippen LogP contribution in [0.25, 0.3) is 5.82 Å². The lowest BCUT2D eigenvalue weighted by Crippen LogP contribution is -2.27. The number of amides is 1. The Morgan fingerprint density at radius 1 is 1.12 bits per heavy atom. The molecule has 0 aliphatic rings. The Labute approximate surface area is 154 Å². The maximum absolute atomic E-state index is 12.2. The molecule has 5 nitrogen and oxygen atoms in total. The van der Waals surface area contributed by atoms with Gasteiger partial charge in [0.25, 0.3) is 0 Å². The average Bonchev–Trinajstić information content (AvgIpc) is 2.90. The van der Waals surface area contributed by atoms with Gasteiger partial charge in [0.05, 0.1) is 12.1 Å². The molecule has 1 aromatic carbocycles. The second-order valence-corrected chi connectivity index (χ2v) is 6.51. The molecule has 0 spiro atoms. The molecule has 5 heteroatoms. The monoisotopic (exact) mass is 348 g/mol. The van der Waals surface area contributed by atoms with Gasteiger partial charge in [0.15, 0.2) is 5.82 Å². The highest BCUT2D eigenvalue weighted by Gasteiger charge is 2.13. The smallest absolute Gasteiger partial charge is 0.224 e. The number of carbonyl (C=O) groups is 1. The van der Waals surface area contributed by atoms with Gasteiger partial charge in [-0.1, -0.05) is 35.9 Å². The molecular formula is C21H24N4O. The Hall–Kier alpha value is -2.95. The number of aryl methyl sites for hydroxylation is 2. The van der Waals surface area contributed by atoms with Gasteiger partial charge >= 0.3 is 0 Å². The van der Waals surface area contributed by atoms with Crippen molar-refractivity contribution in [1.82, 2.24) is 20.1 Å². The summed E-state index contributed by atoms with van der Waals surface area (Å²) in [5, 5.41) is 7.61. The Morgan fingerprint density at radius 2 is 1.96 bits per heavy atom. The molecule has 2 heterocycles. The SMILES string of the molecule is Cc1cccc(CC(=O)NCCc2c(C)nn(-c3ccccn3)c2C)c1. The summed E-state index contributed by atoms with van der Waals surface area (Å²) in [5.41, 5.74) is 5.41. The second-order valence-electron chi connectivity index (χ2n) is 6.51. The molecule has 0 fully saturated rings. The predicted molar refractivity (Wildman–Crippen MR) is 102 cm³/mol. The average molecular weight is 348 g/mol. The van der Waals surface area contributed by atoms with E-state index in [4.69, 9.17) is 0 Å². The molecule has 0 unspecified atom stereocenters. The second kappa shape index (κ2) is 7.95. The van der Waals surface area contributed by atoms with Gasteiger partial charge in [-0.05, 0) is 50.5 Å². The maximum atomic E-state index is 12.2. The lowest BCUT2D eigenvalue weighted by atomic mass is 10.1. The van der Waals surface area contributed by atoms with E-state index < -0.39 is 0 Å². The minimum atomic E-state index is 0.0445. The van der Waals surface area contributed by atoms with Crippen molar-refractivity contribution in [3.8, 4) is 5.82 Å². The van der Waals surface area contributed by atoms with Crippen molar-refractivity contribution in [1.29, 1.82) is 0 Å². The standard InChI is InChI=1S/C21H24N4O/c1-15-7-6-8-18(13-15)14-21(26)23-12-10-19-16(2)24-25(17(19)3)20-9-4-5-11-22-20/h4-9,11,13H,10,12,14H2,1-3H3,(H,23,26).